The van der Waals surface area contributed by atoms with Crippen molar-refractivity contribution in [3.05, 3.63) is 35.4 Å². The van der Waals surface area contributed by atoms with Gasteiger partial charge < -0.3 is 19.8 Å². The van der Waals surface area contributed by atoms with E-state index in [1.165, 1.54) is 12.1 Å². The molecule has 0 bridgehead atoms. The van der Waals surface area contributed by atoms with Gasteiger partial charge in [0.25, 0.3) is 0 Å². The Morgan fingerprint density at radius 3 is 2.41 bits per heavy atom. The summed E-state index contributed by atoms with van der Waals surface area (Å²) in [5, 5.41) is 18.9. The molecule has 22 heavy (non-hydrogen) atoms. The van der Waals surface area contributed by atoms with Crippen LogP contribution in [0, 0.1) is 0 Å². The summed E-state index contributed by atoms with van der Waals surface area (Å²) in [5.41, 5.74) is -0.307. The first-order valence-electron chi connectivity index (χ1n) is 6.15. The molecule has 1 aromatic rings. The minimum Gasteiger partial charge on any atom is -0.450 e. The van der Waals surface area contributed by atoms with Gasteiger partial charge in [-0.05, 0) is 17.7 Å². The summed E-state index contributed by atoms with van der Waals surface area (Å²) in [7, 11) is 0. The summed E-state index contributed by atoms with van der Waals surface area (Å²) in [6.45, 7) is 1.02. The molecule has 0 aliphatic carbocycles. The molecule has 0 spiro atoms. The Balaban J connectivity index is 0.000000235. The summed E-state index contributed by atoms with van der Waals surface area (Å²) in [4.78, 5) is 9.88. The van der Waals surface area contributed by atoms with Crippen molar-refractivity contribution in [3.8, 4) is 0 Å². The van der Waals surface area contributed by atoms with Crippen molar-refractivity contribution in [2.45, 2.75) is 18.7 Å². The van der Waals surface area contributed by atoms with Gasteiger partial charge in [0.1, 0.15) is 6.10 Å². The first-order chi connectivity index (χ1) is 10.3. The molecule has 0 unspecified atom stereocenters. The van der Waals surface area contributed by atoms with Gasteiger partial charge in [-0.3, -0.25) is 0 Å². The third-order valence-electron chi connectivity index (χ3n) is 2.60. The van der Waals surface area contributed by atoms with Crippen molar-refractivity contribution in [2.24, 2.45) is 5.16 Å². The SMILES string of the molecule is O=C(O)O[C@H]1CCOC1.ON=Cc1ccc(C(F)(F)F)cc1. The van der Waals surface area contributed by atoms with Crippen molar-refractivity contribution >= 4 is 12.4 Å². The second-order valence-corrected chi connectivity index (χ2v) is 4.23. The number of ether oxygens (including phenoxy) is 2. The van der Waals surface area contributed by atoms with Gasteiger partial charge in [0.05, 0.1) is 25.0 Å². The lowest BCUT2D eigenvalue weighted by molar-refractivity contribution is -0.137. The van der Waals surface area contributed by atoms with E-state index < -0.39 is 17.9 Å². The molecule has 2 rings (SSSR count). The summed E-state index contributed by atoms with van der Waals surface area (Å²) in [6, 6.07) is 4.30. The lowest BCUT2D eigenvalue weighted by atomic mass is 10.1. The van der Waals surface area contributed by atoms with Crippen LogP contribution in [0.2, 0.25) is 0 Å². The first kappa shape index (κ1) is 17.8. The average molecular weight is 321 g/mol. The number of rotatable bonds is 2. The Kier molecular flexibility index (Phi) is 6.64. The number of hydrogen-bond acceptors (Lipinski definition) is 5. The molecular weight excluding hydrogens is 307 g/mol. The highest BCUT2D eigenvalue weighted by Gasteiger charge is 2.29. The fourth-order valence-electron chi connectivity index (χ4n) is 1.57. The van der Waals surface area contributed by atoms with Crippen LogP contribution in [0.4, 0.5) is 18.0 Å². The Hall–Kier alpha value is -2.29. The molecule has 0 amide bonds. The van der Waals surface area contributed by atoms with E-state index in [-0.39, 0.29) is 6.10 Å². The van der Waals surface area contributed by atoms with E-state index >= 15 is 0 Å². The number of carbonyl (C=O) groups is 1. The second kappa shape index (κ2) is 8.23. The predicted octanol–water partition coefficient (Wildman–Crippen LogP) is 2.98. The third kappa shape index (κ3) is 6.44. The Morgan fingerprint density at radius 2 is 2.00 bits per heavy atom. The van der Waals surface area contributed by atoms with Gasteiger partial charge in [-0.2, -0.15) is 13.2 Å². The van der Waals surface area contributed by atoms with E-state index in [0.29, 0.717) is 25.2 Å². The normalized spacial score (nSPS) is 17.9. The van der Waals surface area contributed by atoms with Gasteiger partial charge in [-0.15, -0.1) is 0 Å². The maximum atomic E-state index is 12.0. The predicted molar refractivity (Wildman–Crippen MR) is 69.2 cm³/mol. The van der Waals surface area contributed by atoms with Crippen LogP contribution in [0.1, 0.15) is 17.5 Å². The minimum absolute atomic E-state index is 0.234. The van der Waals surface area contributed by atoms with Crippen LogP contribution in [0.5, 0.6) is 0 Å². The van der Waals surface area contributed by atoms with Gasteiger partial charge >= 0.3 is 12.3 Å². The molecule has 9 heteroatoms. The monoisotopic (exact) mass is 321 g/mol. The minimum atomic E-state index is -4.32. The fourth-order valence-corrected chi connectivity index (χ4v) is 1.57. The number of nitrogens with zero attached hydrogens (tertiary/aromatic N) is 1. The Labute approximate surface area is 123 Å². The number of halogens is 3. The van der Waals surface area contributed by atoms with Crippen LogP contribution in [0.25, 0.3) is 0 Å². The van der Waals surface area contributed by atoms with E-state index in [4.69, 9.17) is 15.1 Å². The van der Waals surface area contributed by atoms with Crippen molar-refractivity contribution < 1.29 is 37.8 Å². The Morgan fingerprint density at radius 1 is 1.36 bits per heavy atom. The average Bonchev–Trinajstić information content (AvgIpc) is 2.91. The van der Waals surface area contributed by atoms with Crippen LogP contribution in [0.3, 0.4) is 0 Å². The van der Waals surface area contributed by atoms with Crippen LogP contribution < -0.4 is 0 Å². The number of alkyl halides is 3. The molecule has 1 atom stereocenters. The van der Waals surface area contributed by atoms with Crippen LogP contribution in [-0.4, -0.2) is 42.0 Å². The molecule has 2 N–H and O–H groups in total. The smallest absolute Gasteiger partial charge is 0.450 e. The summed E-state index contributed by atoms with van der Waals surface area (Å²) < 4.78 is 45.3. The van der Waals surface area contributed by atoms with E-state index in [1.54, 1.807) is 0 Å². The zero-order chi connectivity index (χ0) is 16.6. The molecule has 1 heterocycles. The summed E-state index contributed by atoms with van der Waals surface area (Å²) >= 11 is 0. The molecule has 0 aromatic heterocycles. The molecule has 0 saturated carbocycles. The highest BCUT2D eigenvalue weighted by atomic mass is 19.4. The van der Waals surface area contributed by atoms with Crippen LogP contribution in [0.15, 0.2) is 29.4 Å². The molecule has 6 nitrogen and oxygen atoms in total. The molecule has 1 fully saturated rings. The van der Waals surface area contributed by atoms with Gasteiger partial charge in [0, 0.05) is 6.42 Å². The lowest BCUT2D eigenvalue weighted by Gasteiger charge is -2.05. The molecular formula is C13H14F3NO5. The lowest BCUT2D eigenvalue weighted by Crippen LogP contribution is -2.15. The summed E-state index contributed by atoms with van der Waals surface area (Å²) in [6.07, 6.45) is -4.03. The van der Waals surface area contributed by atoms with Crippen LogP contribution in [-0.2, 0) is 15.7 Å². The van der Waals surface area contributed by atoms with E-state index in [0.717, 1.165) is 18.3 Å². The number of benzene rings is 1. The van der Waals surface area contributed by atoms with E-state index in [1.807, 2.05) is 0 Å². The first-order valence-corrected chi connectivity index (χ1v) is 6.15. The van der Waals surface area contributed by atoms with Gasteiger partial charge in [0.2, 0.25) is 0 Å². The van der Waals surface area contributed by atoms with Crippen LogP contribution >= 0.6 is 0 Å². The van der Waals surface area contributed by atoms with E-state index in [2.05, 4.69) is 9.89 Å². The maximum absolute atomic E-state index is 12.0. The fraction of sp³-hybridized carbons (Fsp3) is 0.385. The molecule has 1 aromatic carbocycles. The number of carboxylic acid groups (broad SMARTS) is 1. The largest absolute Gasteiger partial charge is 0.506 e. The highest BCUT2D eigenvalue weighted by Crippen LogP contribution is 2.28. The van der Waals surface area contributed by atoms with Crippen molar-refractivity contribution in [2.75, 3.05) is 13.2 Å². The highest BCUT2D eigenvalue weighted by molar-refractivity contribution is 5.78. The van der Waals surface area contributed by atoms with Crippen molar-refractivity contribution in [1.82, 2.24) is 0 Å². The number of hydrogen-bond donors (Lipinski definition) is 2. The summed E-state index contributed by atoms with van der Waals surface area (Å²) in [5.74, 6) is 0. The standard InChI is InChI=1S/C8H6F3NO.C5H8O4/c9-8(10,11)7-3-1-6(2-4-7)5-12-13;6-5(7)9-4-1-2-8-3-4/h1-5,13H;4H,1-3H2,(H,6,7)/t;4-/m.0/s1. The van der Waals surface area contributed by atoms with Gasteiger partial charge in [-0.25, -0.2) is 4.79 Å². The maximum Gasteiger partial charge on any atom is 0.506 e. The topological polar surface area (TPSA) is 88.4 Å². The molecule has 1 aliphatic heterocycles. The van der Waals surface area contributed by atoms with Crippen molar-refractivity contribution in [3.63, 3.8) is 0 Å². The second-order valence-electron chi connectivity index (χ2n) is 4.23. The quantitative estimate of drug-likeness (QED) is 0.378. The molecule has 1 aliphatic rings. The zero-order valence-electron chi connectivity index (χ0n) is 11.3. The van der Waals surface area contributed by atoms with Gasteiger partial charge in [0.15, 0.2) is 0 Å². The molecule has 1 saturated heterocycles. The van der Waals surface area contributed by atoms with Gasteiger partial charge in [-0.1, -0.05) is 17.3 Å². The number of oxime groups is 1. The zero-order valence-corrected chi connectivity index (χ0v) is 11.3. The Bertz CT molecular complexity index is 495. The van der Waals surface area contributed by atoms with Crippen molar-refractivity contribution in [1.29, 1.82) is 0 Å². The molecule has 0 radical (unpaired) electrons. The molecule has 122 valence electrons. The van der Waals surface area contributed by atoms with E-state index in [9.17, 15) is 18.0 Å². The third-order valence-corrected chi connectivity index (χ3v) is 2.60.